The Hall–Kier alpha value is -3.02. The molecule has 150 valence electrons. The third-order valence-corrected chi connectivity index (χ3v) is 3.87. The Labute approximate surface area is 166 Å². The van der Waals surface area contributed by atoms with Crippen LogP contribution in [0.4, 0.5) is 0 Å². The van der Waals surface area contributed by atoms with Crippen LogP contribution >= 0.6 is 0 Å². The minimum absolute atomic E-state index is 0.551. The number of hydrogen-bond acceptors (Lipinski definition) is 6. The van der Waals surface area contributed by atoms with Crippen molar-refractivity contribution in [2.45, 2.75) is 27.2 Å². The van der Waals surface area contributed by atoms with Gasteiger partial charge in [0.05, 0.1) is 31.3 Å². The molecule has 28 heavy (non-hydrogen) atoms. The lowest BCUT2D eigenvalue weighted by molar-refractivity contribution is 0.215. The SMILES string of the molecule is C/C=C/COc1cc(C)c(OCCCOc2ccc(/C=N/OC)nc2)c(C)c1. The monoisotopic (exact) mass is 384 g/mol. The molecule has 0 aliphatic carbocycles. The number of aromatic nitrogens is 1. The molecule has 0 aliphatic rings. The number of oxime groups is 1. The summed E-state index contributed by atoms with van der Waals surface area (Å²) in [7, 11) is 1.49. The maximum Gasteiger partial charge on any atom is 0.137 e. The van der Waals surface area contributed by atoms with Crippen LogP contribution in [0.25, 0.3) is 0 Å². The standard InChI is InChI=1S/C22H28N2O4/c1-5-6-10-27-21-13-17(2)22(18(3)14-21)28-12-7-11-26-20-9-8-19(23-16-20)15-24-25-4/h5-6,8-9,13-16H,7,10-12H2,1-4H3/b6-5+,24-15+. The van der Waals surface area contributed by atoms with Crippen molar-refractivity contribution in [1.82, 2.24) is 4.98 Å². The molecule has 0 radical (unpaired) electrons. The van der Waals surface area contributed by atoms with Gasteiger partial charge in [0.1, 0.15) is 31.0 Å². The number of allylic oxidation sites excluding steroid dienone is 1. The fourth-order valence-corrected chi connectivity index (χ4v) is 2.55. The highest BCUT2D eigenvalue weighted by molar-refractivity contribution is 5.76. The van der Waals surface area contributed by atoms with E-state index in [0.717, 1.165) is 29.0 Å². The molecule has 2 aromatic rings. The highest BCUT2D eigenvalue weighted by Crippen LogP contribution is 2.28. The zero-order valence-corrected chi connectivity index (χ0v) is 17.0. The van der Waals surface area contributed by atoms with Gasteiger partial charge in [-0.1, -0.05) is 17.3 Å². The van der Waals surface area contributed by atoms with Crippen LogP contribution in [-0.4, -0.2) is 38.1 Å². The number of rotatable bonds is 11. The lowest BCUT2D eigenvalue weighted by Crippen LogP contribution is -2.07. The van der Waals surface area contributed by atoms with E-state index in [4.69, 9.17) is 14.2 Å². The Morgan fingerprint density at radius 1 is 1.00 bits per heavy atom. The Balaban J connectivity index is 1.76. The van der Waals surface area contributed by atoms with Crippen LogP contribution in [0.15, 0.2) is 47.8 Å². The van der Waals surface area contributed by atoms with Gasteiger partial charge in [0.25, 0.3) is 0 Å². The molecule has 1 aromatic carbocycles. The lowest BCUT2D eigenvalue weighted by atomic mass is 10.1. The molecule has 0 bridgehead atoms. The first-order valence-corrected chi connectivity index (χ1v) is 9.27. The van der Waals surface area contributed by atoms with E-state index in [-0.39, 0.29) is 0 Å². The molecular formula is C22H28N2O4. The molecule has 0 unspecified atom stereocenters. The largest absolute Gasteiger partial charge is 0.493 e. The second-order valence-corrected chi connectivity index (χ2v) is 6.15. The fourth-order valence-electron chi connectivity index (χ4n) is 2.55. The van der Waals surface area contributed by atoms with Gasteiger partial charge in [-0.15, -0.1) is 0 Å². The highest BCUT2D eigenvalue weighted by Gasteiger charge is 2.07. The van der Waals surface area contributed by atoms with Gasteiger partial charge in [-0.2, -0.15) is 0 Å². The number of ether oxygens (including phenoxy) is 3. The molecule has 0 fully saturated rings. The predicted octanol–water partition coefficient (Wildman–Crippen LogP) is 4.48. The Morgan fingerprint density at radius 2 is 1.75 bits per heavy atom. The van der Waals surface area contributed by atoms with Crippen molar-refractivity contribution in [1.29, 1.82) is 0 Å². The molecular weight excluding hydrogens is 356 g/mol. The summed E-state index contributed by atoms with van der Waals surface area (Å²) in [6.07, 6.45) is 7.92. The van der Waals surface area contributed by atoms with E-state index < -0.39 is 0 Å². The topological polar surface area (TPSA) is 62.2 Å². The van der Waals surface area contributed by atoms with Crippen LogP contribution in [0, 0.1) is 13.8 Å². The number of pyridine rings is 1. The van der Waals surface area contributed by atoms with Gasteiger partial charge in [-0.25, -0.2) is 0 Å². The fraction of sp³-hybridized carbons (Fsp3) is 0.364. The van der Waals surface area contributed by atoms with E-state index >= 15 is 0 Å². The molecule has 0 atom stereocenters. The lowest BCUT2D eigenvalue weighted by Gasteiger charge is -2.14. The van der Waals surface area contributed by atoms with Crippen LogP contribution in [0.1, 0.15) is 30.2 Å². The number of aryl methyl sites for hydroxylation is 2. The normalized spacial score (nSPS) is 11.1. The van der Waals surface area contributed by atoms with Crippen LogP contribution < -0.4 is 14.2 Å². The average molecular weight is 384 g/mol. The van der Waals surface area contributed by atoms with Gasteiger partial charge in [0, 0.05) is 6.42 Å². The summed E-state index contributed by atoms with van der Waals surface area (Å²) in [6.45, 7) is 7.73. The second kappa shape index (κ2) is 11.6. The smallest absolute Gasteiger partial charge is 0.137 e. The van der Waals surface area contributed by atoms with Crippen molar-refractivity contribution < 1.29 is 19.0 Å². The van der Waals surface area contributed by atoms with Crippen molar-refractivity contribution in [3.63, 3.8) is 0 Å². The van der Waals surface area contributed by atoms with Crippen molar-refractivity contribution in [3.05, 3.63) is 59.4 Å². The quantitative estimate of drug-likeness (QED) is 0.247. The molecule has 2 rings (SSSR count). The molecule has 1 heterocycles. The molecule has 0 saturated carbocycles. The maximum atomic E-state index is 5.95. The first-order chi connectivity index (χ1) is 13.6. The van der Waals surface area contributed by atoms with Crippen molar-refractivity contribution >= 4 is 6.21 Å². The zero-order valence-electron chi connectivity index (χ0n) is 17.0. The Morgan fingerprint density at radius 3 is 2.39 bits per heavy atom. The third-order valence-electron chi connectivity index (χ3n) is 3.87. The van der Waals surface area contributed by atoms with Gasteiger partial charge in [-0.3, -0.25) is 4.98 Å². The van der Waals surface area contributed by atoms with Gasteiger partial charge in [0.2, 0.25) is 0 Å². The summed E-state index contributed by atoms with van der Waals surface area (Å²) in [6, 6.07) is 7.68. The first kappa shape index (κ1) is 21.3. The summed E-state index contributed by atoms with van der Waals surface area (Å²) in [5.74, 6) is 2.47. The third kappa shape index (κ3) is 6.95. The summed E-state index contributed by atoms with van der Waals surface area (Å²) in [5.41, 5.74) is 2.84. The van der Waals surface area contributed by atoms with Crippen molar-refractivity contribution in [2.24, 2.45) is 5.16 Å². The highest BCUT2D eigenvalue weighted by atomic mass is 16.6. The zero-order chi connectivity index (χ0) is 20.2. The van der Waals surface area contributed by atoms with E-state index in [1.54, 1.807) is 12.4 Å². The second-order valence-electron chi connectivity index (χ2n) is 6.15. The molecule has 6 heteroatoms. The van der Waals surface area contributed by atoms with Crippen molar-refractivity contribution in [2.75, 3.05) is 26.9 Å². The van der Waals surface area contributed by atoms with Crippen molar-refractivity contribution in [3.8, 4) is 17.2 Å². The minimum Gasteiger partial charge on any atom is -0.493 e. The number of nitrogens with zero attached hydrogens (tertiary/aromatic N) is 2. The van der Waals surface area contributed by atoms with Crippen LogP contribution in [0.3, 0.4) is 0 Å². The van der Waals surface area contributed by atoms with E-state index in [1.807, 2.05) is 57.2 Å². The maximum absolute atomic E-state index is 5.95. The summed E-state index contributed by atoms with van der Waals surface area (Å²) >= 11 is 0. The summed E-state index contributed by atoms with van der Waals surface area (Å²) < 4.78 is 17.3. The summed E-state index contributed by atoms with van der Waals surface area (Å²) in [5, 5.41) is 3.67. The van der Waals surface area contributed by atoms with E-state index in [1.165, 1.54) is 7.11 Å². The van der Waals surface area contributed by atoms with Crippen LogP contribution in [0.2, 0.25) is 0 Å². The number of benzene rings is 1. The number of hydrogen-bond donors (Lipinski definition) is 0. The minimum atomic E-state index is 0.551. The molecule has 1 aromatic heterocycles. The molecule has 0 aliphatic heterocycles. The molecule has 0 spiro atoms. The average Bonchev–Trinajstić information content (AvgIpc) is 2.69. The molecule has 6 nitrogen and oxygen atoms in total. The van der Waals surface area contributed by atoms with Gasteiger partial charge in [0.15, 0.2) is 0 Å². The Bertz CT molecular complexity index is 763. The van der Waals surface area contributed by atoms with E-state index in [2.05, 4.69) is 15.0 Å². The van der Waals surface area contributed by atoms with Gasteiger partial charge in [-0.05, 0) is 56.2 Å². The molecule has 0 saturated heterocycles. The van der Waals surface area contributed by atoms with Crippen LogP contribution in [-0.2, 0) is 4.84 Å². The van der Waals surface area contributed by atoms with Crippen LogP contribution in [0.5, 0.6) is 17.2 Å². The molecule has 0 amide bonds. The Kier molecular flexibility index (Phi) is 8.85. The van der Waals surface area contributed by atoms with E-state index in [9.17, 15) is 0 Å². The first-order valence-electron chi connectivity index (χ1n) is 9.27. The van der Waals surface area contributed by atoms with Gasteiger partial charge >= 0.3 is 0 Å². The van der Waals surface area contributed by atoms with E-state index in [0.29, 0.717) is 31.3 Å². The predicted molar refractivity (Wildman–Crippen MR) is 111 cm³/mol. The molecule has 0 N–H and O–H groups in total. The summed E-state index contributed by atoms with van der Waals surface area (Å²) in [4.78, 5) is 8.84. The van der Waals surface area contributed by atoms with Gasteiger partial charge < -0.3 is 19.0 Å².